The van der Waals surface area contributed by atoms with Crippen LogP contribution in [0.15, 0.2) is 18.5 Å². The normalized spacial score (nSPS) is 12.1. The van der Waals surface area contributed by atoms with E-state index in [4.69, 9.17) is 27.5 Å². The number of amidine groups is 1. The number of aromatic nitrogens is 1. The van der Waals surface area contributed by atoms with Gasteiger partial charge in [-0.2, -0.15) is 0 Å². The van der Waals surface area contributed by atoms with Crippen molar-refractivity contribution >= 4 is 17.4 Å². The second-order valence-corrected chi connectivity index (χ2v) is 3.25. The molecule has 0 saturated carbocycles. The molecule has 76 valence electrons. The lowest BCUT2D eigenvalue weighted by molar-refractivity contribution is 0.259. The molecule has 4 nitrogen and oxygen atoms in total. The summed E-state index contributed by atoms with van der Waals surface area (Å²) < 4.78 is 5.41. The van der Waals surface area contributed by atoms with Crippen LogP contribution in [0.4, 0.5) is 0 Å². The molecule has 0 bridgehead atoms. The number of hydrogen-bond donors (Lipinski definition) is 2. The molecule has 0 aliphatic heterocycles. The first kappa shape index (κ1) is 10.8. The van der Waals surface area contributed by atoms with Gasteiger partial charge in [0.25, 0.3) is 0 Å². The van der Waals surface area contributed by atoms with Crippen LogP contribution in [0.3, 0.4) is 0 Å². The van der Waals surface area contributed by atoms with E-state index in [0.717, 1.165) is 0 Å². The van der Waals surface area contributed by atoms with E-state index in [1.807, 2.05) is 6.92 Å². The summed E-state index contributed by atoms with van der Waals surface area (Å²) in [5.41, 5.74) is 5.34. The molecule has 1 unspecified atom stereocenters. The van der Waals surface area contributed by atoms with Gasteiger partial charge < -0.3 is 10.5 Å². The maximum absolute atomic E-state index is 7.25. The predicted molar refractivity (Wildman–Crippen MR) is 55.9 cm³/mol. The molecular weight excluding hydrogens is 202 g/mol. The van der Waals surface area contributed by atoms with E-state index in [-0.39, 0.29) is 5.84 Å². The molecule has 0 saturated heterocycles. The van der Waals surface area contributed by atoms with Gasteiger partial charge in [0.2, 0.25) is 0 Å². The first-order valence-electron chi connectivity index (χ1n) is 4.24. The molecule has 1 aromatic heterocycles. The molecule has 1 aromatic rings. The summed E-state index contributed by atoms with van der Waals surface area (Å²) in [5, 5.41) is 7.75. The zero-order chi connectivity index (χ0) is 10.6. The highest BCUT2D eigenvalue weighted by Gasteiger charge is 2.11. The van der Waals surface area contributed by atoms with E-state index in [0.29, 0.717) is 17.2 Å². The van der Waals surface area contributed by atoms with Crippen LogP contribution in [0.5, 0.6) is 5.75 Å². The first-order valence-corrected chi connectivity index (χ1v) is 4.62. The molecule has 1 rings (SSSR count). The van der Waals surface area contributed by atoms with Crippen molar-refractivity contribution in [3.8, 4) is 5.75 Å². The SMILES string of the molecule is CCC(Oc1cncc(Cl)c1)C(=N)N. The van der Waals surface area contributed by atoms with Crippen molar-refractivity contribution in [1.29, 1.82) is 5.41 Å². The van der Waals surface area contributed by atoms with Crippen molar-refractivity contribution in [3.05, 3.63) is 23.5 Å². The van der Waals surface area contributed by atoms with Crippen molar-refractivity contribution in [2.45, 2.75) is 19.4 Å². The lowest BCUT2D eigenvalue weighted by atomic mass is 10.2. The summed E-state index contributed by atoms with van der Waals surface area (Å²) >= 11 is 5.72. The molecule has 0 aliphatic rings. The number of nitrogens with one attached hydrogen (secondary N) is 1. The molecule has 0 aromatic carbocycles. The fourth-order valence-electron chi connectivity index (χ4n) is 0.988. The molecule has 0 spiro atoms. The lowest BCUT2D eigenvalue weighted by Gasteiger charge is -2.15. The second kappa shape index (κ2) is 4.81. The molecule has 5 heteroatoms. The van der Waals surface area contributed by atoms with Crippen LogP contribution in [0.1, 0.15) is 13.3 Å². The van der Waals surface area contributed by atoms with Crippen molar-refractivity contribution in [1.82, 2.24) is 4.98 Å². The van der Waals surface area contributed by atoms with Crippen molar-refractivity contribution in [2.24, 2.45) is 5.73 Å². The molecule has 0 amide bonds. The molecule has 14 heavy (non-hydrogen) atoms. The fourth-order valence-corrected chi connectivity index (χ4v) is 1.15. The molecule has 1 heterocycles. The number of nitrogens with zero attached hydrogens (tertiary/aromatic N) is 1. The second-order valence-electron chi connectivity index (χ2n) is 2.81. The topological polar surface area (TPSA) is 72.0 Å². The van der Waals surface area contributed by atoms with Gasteiger partial charge in [-0.1, -0.05) is 18.5 Å². The highest BCUT2D eigenvalue weighted by molar-refractivity contribution is 6.30. The van der Waals surface area contributed by atoms with E-state index in [9.17, 15) is 0 Å². The summed E-state index contributed by atoms with van der Waals surface area (Å²) in [6.45, 7) is 1.89. The first-order chi connectivity index (χ1) is 6.63. The largest absolute Gasteiger partial charge is 0.481 e. The van der Waals surface area contributed by atoms with Gasteiger partial charge in [0.05, 0.1) is 11.2 Å². The van der Waals surface area contributed by atoms with Crippen LogP contribution in [-0.4, -0.2) is 16.9 Å². The monoisotopic (exact) mass is 213 g/mol. The summed E-state index contributed by atoms with van der Waals surface area (Å²) in [6, 6.07) is 1.64. The molecule has 1 atom stereocenters. The highest BCUT2D eigenvalue weighted by Crippen LogP contribution is 2.17. The standard InChI is InChI=1S/C9H12ClN3O/c1-2-8(9(11)12)14-7-3-6(10)4-13-5-7/h3-5,8H,2H2,1H3,(H3,11,12). The zero-order valence-electron chi connectivity index (χ0n) is 7.83. The minimum Gasteiger partial charge on any atom is -0.481 e. The highest BCUT2D eigenvalue weighted by atomic mass is 35.5. The molecule has 0 aliphatic carbocycles. The third-order valence-electron chi connectivity index (χ3n) is 1.68. The van der Waals surface area contributed by atoms with Gasteiger partial charge in [0.15, 0.2) is 6.10 Å². The Labute approximate surface area is 87.6 Å². The Morgan fingerprint density at radius 1 is 1.71 bits per heavy atom. The third-order valence-corrected chi connectivity index (χ3v) is 1.88. The van der Waals surface area contributed by atoms with Gasteiger partial charge in [-0.25, -0.2) is 0 Å². The van der Waals surface area contributed by atoms with Gasteiger partial charge in [0, 0.05) is 12.3 Å². The Hall–Kier alpha value is -1.29. The molecule has 0 radical (unpaired) electrons. The van der Waals surface area contributed by atoms with Gasteiger partial charge in [-0.15, -0.1) is 0 Å². The van der Waals surface area contributed by atoms with Gasteiger partial charge in [-0.05, 0) is 6.42 Å². The minimum atomic E-state index is -0.407. The van der Waals surface area contributed by atoms with E-state index in [1.165, 1.54) is 12.4 Å². The number of ether oxygens (including phenoxy) is 1. The molecular formula is C9H12ClN3O. The zero-order valence-corrected chi connectivity index (χ0v) is 8.58. The van der Waals surface area contributed by atoms with Crippen molar-refractivity contribution in [2.75, 3.05) is 0 Å². The quantitative estimate of drug-likeness (QED) is 0.592. The van der Waals surface area contributed by atoms with E-state index >= 15 is 0 Å². The average molecular weight is 214 g/mol. The van der Waals surface area contributed by atoms with Crippen LogP contribution in [0.2, 0.25) is 5.02 Å². The smallest absolute Gasteiger partial charge is 0.155 e. The Balaban J connectivity index is 2.72. The Morgan fingerprint density at radius 3 is 2.93 bits per heavy atom. The maximum atomic E-state index is 7.25. The van der Waals surface area contributed by atoms with E-state index in [2.05, 4.69) is 4.98 Å². The molecule has 0 fully saturated rings. The van der Waals surface area contributed by atoms with Gasteiger partial charge >= 0.3 is 0 Å². The number of pyridine rings is 1. The number of nitrogens with two attached hydrogens (primary N) is 1. The lowest BCUT2D eigenvalue weighted by Crippen LogP contribution is -2.32. The van der Waals surface area contributed by atoms with Crippen LogP contribution >= 0.6 is 11.6 Å². The molecule has 3 N–H and O–H groups in total. The number of halogens is 1. The summed E-state index contributed by atoms with van der Waals surface area (Å²) in [6.07, 6.45) is 3.29. The summed E-state index contributed by atoms with van der Waals surface area (Å²) in [4.78, 5) is 3.86. The van der Waals surface area contributed by atoms with Crippen LogP contribution in [0.25, 0.3) is 0 Å². The van der Waals surface area contributed by atoms with Crippen LogP contribution < -0.4 is 10.5 Å². The summed E-state index contributed by atoms with van der Waals surface area (Å²) in [7, 11) is 0. The summed E-state index contributed by atoms with van der Waals surface area (Å²) in [5.74, 6) is 0.534. The van der Waals surface area contributed by atoms with E-state index in [1.54, 1.807) is 6.07 Å². The Kier molecular flexibility index (Phi) is 3.71. The third kappa shape index (κ3) is 2.88. The maximum Gasteiger partial charge on any atom is 0.155 e. The van der Waals surface area contributed by atoms with E-state index < -0.39 is 6.10 Å². The predicted octanol–water partition coefficient (Wildman–Crippen LogP) is 1.83. The van der Waals surface area contributed by atoms with Crippen LogP contribution in [0, 0.1) is 5.41 Å². The Morgan fingerprint density at radius 2 is 2.43 bits per heavy atom. The van der Waals surface area contributed by atoms with Gasteiger partial charge in [-0.3, -0.25) is 10.4 Å². The average Bonchev–Trinajstić information content (AvgIpc) is 2.14. The van der Waals surface area contributed by atoms with Crippen LogP contribution in [-0.2, 0) is 0 Å². The van der Waals surface area contributed by atoms with Crippen molar-refractivity contribution < 1.29 is 4.74 Å². The Bertz CT molecular complexity index is 330. The fraction of sp³-hybridized carbons (Fsp3) is 0.333. The minimum absolute atomic E-state index is 0.00692. The number of hydrogen-bond acceptors (Lipinski definition) is 3. The number of rotatable bonds is 4. The van der Waals surface area contributed by atoms with Crippen molar-refractivity contribution in [3.63, 3.8) is 0 Å². The van der Waals surface area contributed by atoms with Gasteiger partial charge in [0.1, 0.15) is 11.6 Å².